The van der Waals surface area contributed by atoms with Gasteiger partial charge in [-0.25, -0.2) is 0 Å². The van der Waals surface area contributed by atoms with E-state index in [0.717, 1.165) is 20.8 Å². The third-order valence-corrected chi connectivity index (χ3v) is 4.77. The van der Waals surface area contributed by atoms with Gasteiger partial charge in [0.25, 0.3) is 0 Å². The van der Waals surface area contributed by atoms with E-state index in [2.05, 4.69) is 21.2 Å². The Balaban J connectivity index is 1.93. The van der Waals surface area contributed by atoms with Gasteiger partial charge in [0, 0.05) is 15.1 Å². The van der Waals surface area contributed by atoms with E-state index in [1.54, 1.807) is 32.4 Å². The van der Waals surface area contributed by atoms with E-state index in [4.69, 9.17) is 21.1 Å². The van der Waals surface area contributed by atoms with Crippen molar-refractivity contribution in [1.29, 1.82) is 0 Å². The molecule has 134 valence electrons. The first-order valence-electron chi connectivity index (χ1n) is 7.90. The van der Waals surface area contributed by atoms with Crippen LogP contribution in [0.4, 0.5) is 5.69 Å². The monoisotopic (exact) mass is 433 g/mol. The number of hydrogen-bond acceptors (Lipinski definition) is 3. The summed E-state index contributed by atoms with van der Waals surface area (Å²) >= 11 is 9.50. The summed E-state index contributed by atoms with van der Waals surface area (Å²) in [7, 11) is 3.14. The van der Waals surface area contributed by atoms with Crippen LogP contribution in [0.3, 0.4) is 0 Å². The van der Waals surface area contributed by atoms with Gasteiger partial charge in [-0.15, -0.1) is 0 Å². The minimum Gasteiger partial charge on any atom is -0.496 e. The van der Waals surface area contributed by atoms with Crippen molar-refractivity contribution < 1.29 is 14.3 Å². The third kappa shape index (κ3) is 3.94. The maximum Gasteiger partial charge on any atom is 0.229 e. The van der Waals surface area contributed by atoms with Crippen LogP contribution in [0.15, 0.2) is 53.0 Å². The Morgan fingerprint density at radius 2 is 1.77 bits per heavy atom. The summed E-state index contributed by atoms with van der Waals surface area (Å²) < 4.78 is 11.7. The van der Waals surface area contributed by atoms with Crippen molar-refractivity contribution >= 4 is 49.9 Å². The van der Waals surface area contributed by atoms with Gasteiger partial charge in [-0.1, -0.05) is 39.7 Å². The van der Waals surface area contributed by atoms with Crippen molar-refractivity contribution in [3.63, 3.8) is 0 Å². The zero-order valence-corrected chi connectivity index (χ0v) is 16.6. The molecule has 0 radical (unpaired) electrons. The van der Waals surface area contributed by atoms with E-state index in [1.165, 1.54) is 0 Å². The van der Waals surface area contributed by atoms with Crippen LogP contribution in [-0.4, -0.2) is 20.1 Å². The van der Waals surface area contributed by atoms with Crippen LogP contribution in [0.2, 0.25) is 5.02 Å². The maximum absolute atomic E-state index is 12.7. The van der Waals surface area contributed by atoms with Gasteiger partial charge >= 0.3 is 0 Å². The molecule has 0 fully saturated rings. The maximum atomic E-state index is 12.7. The van der Waals surface area contributed by atoms with Crippen LogP contribution in [0.25, 0.3) is 10.8 Å². The molecule has 0 bridgehead atoms. The van der Waals surface area contributed by atoms with Crippen LogP contribution in [-0.2, 0) is 11.2 Å². The molecule has 0 heterocycles. The molecule has 0 atom stereocenters. The smallest absolute Gasteiger partial charge is 0.229 e. The molecule has 0 saturated carbocycles. The molecule has 0 spiro atoms. The number of carbonyl (C=O) groups is 1. The Hall–Kier alpha value is -2.24. The zero-order valence-electron chi connectivity index (χ0n) is 14.3. The number of anilines is 1. The summed E-state index contributed by atoms with van der Waals surface area (Å²) in [6, 6.07) is 14.9. The first-order chi connectivity index (χ1) is 12.5. The Labute approximate surface area is 165 Å². The van der Waals surface area contributed by atoms with Crippen molar-refractivity contribution in [3.8, 4) is 11.5 Å². The SMILES string of the molecule is COc1ccc(Cl)cc1NC(=O)Cc1c(OC)ccc2cc(Br)ccc12. The highest BCUT2D eigenvalue weighted by atomic mass is 79.9. The number of carbonyl (C=O) groups excluding carboxylic acids is 1. The number of nitrogens with one attached hydrogen (secondary N) is 1. The summed E-state index contributed by atoms with van der Waals surface area (Å²) in [6.07, 6.45) is 0.164. The molecule has 1 amide bonds. The predicted molar refractivity (Wildman–Crippen MR) is 109 cm³/mol. The molecule has 4 nitrogen and oxygen atoms in total. The molecule has 6 heteroatoms. The normalized spacial score (nSPS) is 10.6. The molecule has 0 aliphatic rings. The molecular weight excluding hydrogens is 418 g/mol. The van der Waals surface area contributed by atoms with E-state index in [1.807, 2.05) is 30.3 Å². The molecule has 0 aliphatic carbocycles. The summed E-state index contributed by atoms with van der Waals surface area (Å²) in [5.74, 6) is 1.05. The molecule has 0 unspecified atom stereocenters. The minimum atomic E-state index is -0.181. The molecule has 3 aromatic carbocycles. The van der Waals surface area contributed by atoms with E-state index in [-0.39, 0.29) is 12.3 Å². The first-order valence-corrected chi connectivity index (χ1v) is 9.07. The van der Waals surface area contributed by atoms with Crippen molar-refractivity contribution in [3.05, 3.63) is 63.6 Å². The van der Waals surface area contributed by atoms with E-state index >= 15 is 0 Å². The largest absolute Gasteiger partial charge is 0.496 e. The second-order valence-electron chi connectivity index (χ2n) is 5.68. The molecule has 0 saturated heterocycles. The van der Waals surface area contributed by atoms with Gasteiger partial charge in [-0.05, 0) is 47.2 Å². The van der Waals surface area contributed by atoms with Crippen molar-refractivity contribution in [1.82, 2.24) is 0 Å². The van der Waals surface area contributed by atoms with Crippen LogP contribution in [0, 0.1) is 0 Å². The van der Waals surface area contributed by atoms with Gasteiger partial charge in [-0.3, -0.25) is 4.79 Å². The summed E-state index contributed by atoms with van der Waals surface area (Å²) in [5, 5.41) is 5.39. The Morgan fingerprint density at radius 1 is 1.04 bits per heavy atom. The summed E-state index contributed by atoms with van der Waals surface area (Å²) in [6.45, 7) is 0. The topological polar surface area (TPSA) is 47.6 Å². The third-order valence-electron chi connectivity index (χ3n) is 4.04. The average Bonchev–Trinajstić information content (AvgIpc) is 2.62. The molecule has 3 rings (SSSR count). The second kappa shape index (κ2) is 7.98. The number of methoxy groups -OCH3 is 2. The fraction of sp³-hybridized carbons (Fsp3) is 0.150. The van der Waals surface area contributed by atoms with E-state index < -0.39 is 0 Å². The number of amides is 1. The Morgan fingerprint density at radius 3 is 2.50 bits per heavy atom. The van der Waals surface area contributed by atoms with Crippen molar-refractivity contribution in [2.45, 2.75) is 6.42 Å². The van der Waals surface area contributed by atoms with Crippen LogP contribution >= 0.6 is 27.5 Å². The van der Waals surface area contributed by atoms with Crippen molar-refractivity contribution in [2.75, 3.05) is 19.5 Å². The molecule has 3 aromatic rings. The number of halogens is 2. The number of rotatable bonds is 5. The predicted octanol–water partition coefficient (Wildman–Crippen LogP) is 5.45. The number of benzene rings is 3. The van der Waals surface area contributed by atoms with Crippen LogP contribution < -0.4 is 14.8 Å². The number of fused-ring (bicyclic) bond motifs is 1. The number of ether oxygens (including phenoxy) is 2. The lowest BCUT2D eigenvalue weighted by molar-refractivity contribution is -0.115. The lowest BCUT2D eigenvalue weighted by Crippen LogP contribution is -2.16. The van der Waals surface area contributed by atoms with E-state index in [0.29, 0.717) is 22.2 Å². The van der Waals surface area contributed by atoms with Gasteiger partial charge in [-0.2, -0.15) is 0 Å². The van der Waals surface area contributed by atoms with Gasteiger partial charge in [0.05, 0.1) is 26.3 Å². The molecule has 0 aromatic heterocycles. The first kappa shape index (κ1) is 18.5. The van der Waals surface area contributed by atoms with Gasteiger partial charge < -0.3 is 14.8 Å². The summed E-state index contributed by atoms with van der Waals surface area (Å²) in [4.78, 5) is 12.7. The molecule has 0 aliphatic heterocycles. The highest BCUT2D eigenvalue weighted by molar-refractivity contribution is 9.10. The Kier molecular flexibility index (Phi) is 5.69. The minimum absolute atomic E-state index is 0.164. The standard InChI is InChI=1S/C20H17BrClNO3/c1-25-18-7-3-12-9-13(21)4-6-15(12)16(18)11-20(24)23-17-10-14(22)5-8-19(17)26-2/h3-10H,11H2,1-2H3,(H,23,24). The van der Waals surface area contributed by atoms with Gasteiger partial charge in [0.1, 0.15) is 11.5 Å². The molecular formula is C20H17BrClNO3. The van der Waals surface area contributed by atoms with Crippen LogP contribution in [0.1, 0.15) is 5.56 Å². The van der Waals surface area contributed by atoms with Gasteiger partial charge in [0.2, 0.25) is 5.91 Å². The zero-order chi connectivity index (χ0) is 18.7. The van der Waals surface area contributed by atoms with Gasteiger partial charge in [0.15, 0.2) is 0 Å². The van der Waals surface area contributed by atoms with Crippen molar-refractivity contribution in [2.24, 2.45) is 0 Å². The second-order valence-corrected chi connectivity index (χ2v) is 7.03. The fourth-order valence-corrected chi connectivity index (χ4v) is 3.40. The molecule has 26 heavy (non-hydrogen) atoms. The highest BCUT2D eigenvalue weighted by Gasteiger charge is 2.15. The average molecular weight is 435 g/mol. The lowest BCUT2D eigenvalue weighted by atomic mass is 10.0. The lowest BCUT2D eigenvalue weighted by Gasteiger charge is -2.14. The Bertz CT molecular complexity index is 975. The highest BCUT2D eigenvalue weighted by Crippen LogP contribution is 2.32. The fourth-order valence-electron chi connectivity index (χ4n) is 2.85. The van der Waals surface area contributed by atoms with E-state index in [9.17, 15) is 4.79 Å². The number of hydrogen-bond donors (Lipinski definition) is 1. The summed E-state index contributed by atoms with van der Waals surface area (Å²) in [5.41, 5.74) is 1.36. The van der Waals surface area contributed by atoms with Crippen LogP contribution in [0.5, 0.6) is 11.5 Å². The quantitative estimate of drug-likeness (QED) is 0.580. The molecule has 1 N–H and O–H groups in total.